The predicted molar refractivity (Wildman–Crippen MR) is 100 cm³/mol. The van der Waals surface area contributed by atoms with E-state index in [2.05, 4.69) is 24.0 Å². The Balaban J connectivity index is 1.77. The second-order valence-electron chi connectivity index (χ2n) is 6.76. The molecule has 1 aromatic carbocycles. The van der Waals surface area contributed by atoms with Gasteiger partial charge in [0.05, 0.1) is 6.04 Å². The summed E-state index contributed by atoms with van der Waals surface area (Å²) in [6.07, 6.45) is 3.67. The molecule has 6 heteroatoms. The van der Waals surface area contributed by atoms with Gasteiger partial charge in [0.2, 0.25) is 6.79 Å². The molecule has 0 aliphatic carbocycles. The largest absolute Gasteiger partial charge is 0.480 e. The maximum absolute atomic E-state index is 11.9. The number of aliphatic carboxylic acids is 1. The highest BCUT2D eigenvalue weighted by Crippen LogP contribution is 2.41. The van der Waals surface area contributed by atoms with Crippen molar-refractivity contribution in [3.8, 4) is 11.5 Å². The molecule has 1 aromatic heterocycles. The number of benzene rings is 1. The third-order valence-corrected chi connectivity index (χ3v) is 6.46. The van der Waals surface area contributed by atoms with Crippen molar-refractivity contribution >= 4 is 17.3 Å². The first-order valence-electron chi connectivity index (χ1n) is 9.14. The lowest BCUT2D eigenvalue weighted by molar-refractivity contribution is -0.145. The van der Waals surface area contributed by atoms with Crippen LogP contribution in [0.4, 0.5) is 0 Å². The van der Waals surface area contributed by atoms with Crippen LogP contribution in [0.2, 0.25) is 0 Å². The molecule has 0 saturated carbocycles. The highest BCUT2D eigenvalue weighted by atomic mass is 32.1. The Hall–Kier alpha value is -2.05. The Morgan fingerprint density at radius 1 is 1.27 bits per heavy atom. The van der Waals surface area contributed by atoms with Gasteiger partial charge in [0.25, 0.3) is 0 Å². The number of aryl methyl sites for hydroxylation is 1. The minimum Gasteiger partial charge on any atom is -0.480 e. The number of hydrogen-bond acceptors (Lipinski definition) is 5. The summed E-state index contributed by atoms with van der Waals surface area (Å²) >= 11 is 1.77. The molecule has 138 valence electrons. The minimum absolute atomic E-state index is 0.0730. The van der Waals surface area contributed by atoms with Gasteiger partial charge in [0.15, 0.2) is 11.5 Å². The first kappa shape index (κ1) is 17.4. The van der Waals surface area contributed by atoms with Gasteiger partial charge in [-0.3, -0.25) is 9.69 Å². The lowest BCUT2D eigenvalue weighted by atomic mass is 9.95. The summed E-state index contributed by atoms with van der Waals surface area (Å²) in [7, 11) is 0. The van der Waals surface area contributed by atoms with Gasteiger partial charge in [-0.25, -0.2) is 0 Å². The third kappa shape index (κ3) is 3.19. The van der Waals surface area contributed by atoms with Crippen LogP contribution >= 0.6 is 11.3 Å². The summed E-state index contributed by atoms with van der Waals surface area (Å²) in [6, 6.07) is 9.75. The molecule has 0 radical (unpaired) electrons. The molecule has 2 aliphatic rings. The number of thiophene rings is 1. The zero-order chi connectivity index (χ0) is 18.1. The van der Waals surface area contributed by atoms with E-state index in [-0.39, 0.29) is 12.8 Å². The summed E-state index contributed by atoms with van der Waals surface area (Å²) in [5, 5.41) is 9.77. The number of rotatable bonds is 5. The topological polar surface area (TPSA) is 59.0 Å². The average Bonchev–Trinajstić information content (AvgIpc) is 3.31. The fourth-order valence-electron chi connectivity index (χ4n) is 3.86. The van der Waals surface area contributed by atoms with E-state index >= 15 is 0 Å². The van der Waals surface area contributed by atoms with Crippen LogP contribution in [0.1, 0.15) is 47.5 Å². The molecule has 1 N–H and O–H groups in total. The third-order valence-electron chi connectivity index (χ3n) is 5.17. The predicted octanol–water partition coefficient (Wildman–Crippen LogP) is 4.07. The Bertz CT molecular complexity index is 803. The molecule has 0 bridgehead atoms. The Kier molecular flexibility index (Phi) is 4.87. The molecule has 2 unspecified atom stereocenters. The average molecular weight is 373 g/mol. The molecule has 4 rings (SSSR count). The first-order chi connectivity index (χ1) is 12.7. The SMILES string of the molecule is CCc1ccc(C(c2ccc3c(c2)OCO3)N2CCCCC2C(=O)O)s1. The van der Waals surface area contributed by atoms with Crippen molar-refractivity contribution in [3.63, 3.8) is 0 Å². The van der Waals surface area contributed by atoms with Crippen LogP contribution in [0.15, 0.2) is 30.3 Å². The van der Waals surface area contributed by atoms with E-state index in [9.17, 15) is 9.90 Å². The molecule has 2 aliphatic heterocycles. The van der Waals surface area contributed by atoms with E-state index in [1.807, 2.05) is 18.2 Å². The van der Waals surface area contributed by atoms with Gasteiger partial charge in [-0.1, -0.05) is 19.4 Å². The number of hydrogen-bond donors (Lipinski definition) is 1. The number of likely N-dealkylation sites (tertiary alicyclic amines) is 1. The van der Waals surface area contributed by atoms with Crippen molar-refractivity contribution in [1.29, 1.82) is 0 Å². The smallest absolute Gasteiger partial charge is 0.320 e. The quantitative estimate of drug-likeness (QED) is 0.856. The number of carboxylic acids is 1. The number of nitrogens with zero attached hydrogens (tertiary/aromatic N) is 1. The van der Waals surface area contributed by atoms with Crippen molar-refractivity contribution in [2.75, 3.05) is 13.3 Å². The Morgan fingerprint density at radius 2 is 2.12 bits per heavy atom. The van der Waals surface area contributed by atoms with Crippen molar-refractivity contribution in [1.82, 2.24) is 4.90 Å². The number of carboxylic acid groups (broad SMARTS) is 1. The maximum Gasteiger partial charge on any atom is 0.320 e. The number of ether oxygens (including phenoxy) is 2. The molecule has 0 spiro atoms. The molecule has 5 nitrogen and oxygen atoms in total. The number of fused-ring (bicyclic) bond motifs is 1. The zero-order valence-electron chi connectivity index (χ0n) is 14.8. The van der Waals surface area contributed by atoms with Crippen molar-refractivity contribution < 1.29 is 19.4 Å². The fraction of sp³-hybridized carbons (Fsp3) is 0.450. The summed E-state index contributed by atoms with van der Waals surface area (Å²) < 4.78 is 11.0. The van der Waals surface area contributed by atoms with Crippen LogP contribution in [0, 0.1) is 0 Å². The fourth-order valence-corrected chi connectivity index (χ4v) is 4.96. The van der Waals surface area contributed by atoms with Crippen LogP contribution < -0.4 is 9.47 Å². The molecule has 2 atom stereocenters. The van der Waals surface area contributed by atoms with Crippen LogP contribution in [-0.2, 0) is 11.2 Å². The van der Waals surface area contributed by atoms with Crippen LogP contribution in [0.25, 0.3) is 0 Å². The molecule has 1 fully saturated rings. The van der Waals surface area contributed by atoms with E-state index in [1.165, 1.54) is 9.75 Å². The van der Waals surface area contributed by atoms with Crippen LogP contribution in [0.3, 0.4) is 0 Å². The van der Waals surface area contributed by atoms with Gasteiger partial charge < -0.3 is 14.6 Å². The van der Waals surface area contributed by atoms with Crippen LogP contribution in [0.5, 0.6) is 11.5 Å². The molecular formula is C20H23NO4S. The van der Waals surface area contributed by atoms with E-state index in [0.717, 1.165) is 42.9 Å². The van der Waals surface area contributed by atoms with Gasteiger partial charge in [-0.05, 0) is 55.6 Å². The molecule has 2 aromatic rings. The summed E-state index contributed by atoms with van der Waals surface area (Å²) in [4.78, 5) is 16.5. The van der Waals surface area contributed by atoms with Crippen LogP contribution in [-0.4, -0.2) is 35.4 Å². The van der Waals surface area contributed by atoms with E-state index in [0.29, 0.717) is 6.42 Å². The molecule has 0 amide bonds. The lowest BCUT2D eigenvalue weighted by Gasteiger charge is -2.39. The van der Waals surface area contributed by atoms with Gasteiger partial charge >= 0.3 is 5.97 Å². The lowest BCUT2D eigenvalue weighted by Crippen LogP contribution is -2.46. The van der Waals surface area contributed by atoms with Gasteiger partial charge in [0, 0.05) is 9.75 Å². The molecule has 1 saturated heterocycles. The zero-order valence-corrected chi connectivity index (χ0v) is 15.6. The summed E-state index contributed by atoms with van der Waals surface area (Å²) in [5.41, 5.74) is 1.06. The molecule has 3 heterocycles. The highest BCUT2D eigenvalue weighted by molar-refractivity contribution is 7.12. The minimum atomic E-state index is -0.734. The van der Waals surface area contributed by atoms with Crippen molar-refractivity contribution in [2.24, 2.45) is 0 Å². The maximum atomic E-state index is 11.9. The van der Waals surface area contributed by atoms with Gasteiger partial charge in [-0.2, -0.15) is 0 Å². The monoisotopic (exact) mass is 373 g/mol. The normalized spacial score (nSPS) is 20.9. The Labute approximate surface area is 157 Å². The number of piperidine rings is 1. The Morgan fingerprint density at radius 3 is 2.88 bits per heavy atom. The van der Waals surface area contributed by atoms with E-state index in [4.69, 9.17) is 9.47 Å². The standard InChI is InChI=1S/C20H23NO4S/c1-2-14-7-9-18(26-14)19(21-10-4-3-5-15(21)20(22)23)13-6-8-16-17(11-13)25-12-24-16/h6-9,11,15,19H,2-5,10,12H2,1H3,(H,22,23). The van der Waals surface area contributed by atoms with Crippen molar-refractivity contribution in [2.45, 2.75) is 44.7 Å². The van der Waals surface area contributed by atoms with E-state index < -0.39 is 12.0 Å². The number of carbonyl (C=O) groups is 1. The molecule has 26 heavy (non-hydrogen) atoms. The first-order valence-corrected chi connectivity index (χ1v) is 9.95. The summed E-state index contributed by atoms with van der Waals surface area (Å²) in [5.74, 6) is 0.757. The second kappa shape index (κ2) is 7.29. The van der Waals surface area contributed by atoms with E-state index in [1.54, 1.807) is 11.3 Å². The van der Waals surface area contributed by atoms with Gasteiger partial charge in [0.1, 0.15) is 6.04 Å². The highest BCUT2D eigenvalue weighted by Gasteiger charge is 2.36. The second-order valence-corrected chi connectivity index (χ2v) is 7.96. The van der Waals surface area contributed by atoms with Crippen molar-refractivity contribution in [3.05, 3.63) is 45.6 Å². The van der Waals surface area contributed by atoms with Gasteiger partial charge in [-0.15, -0.1) is 11.3 Å². The molecular weight excluding hydrogens is 350 g/mol. The summed E-state index contributed by atoms with van der Waals surface area (Å²) in [6.45, 7) is 3.17.